The summed E-state index contributed by atoms with van der Waals surface area (Å²) in [4.78, 5) is 15.7. The molecule has 0 aromatic rings. The molecule has 2 rings (SSSR count). The maximum absolute atomic E-state index is 10.8. The molecule has 17 heavy (non-hydrogen) atoms. The number of aliphatic carboxylic acids is 1. The van der Waals surface area contributed by atoms with Crippen molar-refractivity contribution in [1.29, 1.82) is 0 Å². The van der Waals surface area contributed by atoms with E-state index >= 15 is 0 Å². The standard InChI is InChI=1S/C13H24N2O2/c16-13(17)11-12-5-1-2-8-15(12)10-9-14-6-3-4-7-14/h12H,1-11H2,(H,16,17). The molecule has 0 aliphatic carbocycles. The molecule has 2 saturated heterocycles. The van der Waals surface area contributed by atoms with Crippen LogP contribution >= 0.6 is 0 Å². The average molecular weight is 240 g/mol. The van der Waals surface area contributed by atoms with E-state index in [0.717, 1.165) is 26.1 Å². The number of hydrogen-bond donors (Lipinski definition) is 1. The molecule has 4 heteroatoms. The molecule has 2 fully saturated rings. The number of hydrogen-bond acceptors (Lipinski definition) is 3. The van der Waals surface area contributed by atoms with Crippen molar-refractivity contribution < 1.29 is 9.90 Å². The van der Waals surface area contributed by atoms with Gasteiger partial charge in [0.2, 0.25) is 0 Å². The Hall–Kier alpha value is -0.610. The second-order valence-electron chi connectivity index (χ2n) is 5.33. The molecule has 0 aromatic carbocycles. The van der Waals surface area contributed by atoms with E-state index in [0.29, 0.717) is 6.42 Å². The molecule has 1 atom stereocenters. The normalized spacial score (nSPS) is 27.4. The molecule has 0 spiro atoms. The third-order valence-corrected chi connectivity index (χ3v) is 4.06. The van der Waals surface area contributed by atoms with Crippen molar-refractivity contribution in [3.8, 4) is 0 Å². The van der Waals surface area contributed by atoms with Crippen molar-refractivity contribution in [2.24, 2.45) is 0 Å². The van der Waals surface area contributed by atoms with Crippen molar-refractivity contribution in [3.05, 3.63) is 0 Å². The quantitative estimate of drug-likeness (QED) is 0.789. The Labute approximate surface area is 104 Å². The Morgan fingerprint density at radius 2 is 1.76 bits per heavy atom. The van der Waals surface area contributed by atoms with Crippen molar-refractivity contribution in [2.45, 2.75) is 44.6 Å². The maximum atomic E-state index is 10.8. The summed E-state index contributed by atoms with van der Waals surface area (Å²) in [5.74, 6) is -0.650. The second-order valence-corrected chi connectivity index (χ2v) is 5.33. The van der Waals surface area contributed by atoms with Crippen LogP contribution in [0.4, 0.5) is 0 Å². The fourth-order valence-electron chi connectivity index (χ4n) is 3.06. The first-order chi connectivity index (χ1) is 8.25. The van der Waals surface area contributed by atoms with Crippen LogP contribution in [-0.2, 0) is 4.79 Å². The van der Waals surface area contributed by atoms with E-state index < -0.39 is 5.97 Å². The van der Waals surface area contributed by atoms with Crippen LogP contribution < -0.4 is 0 Å². The zero-order valence-electron chi connectivity index (χ0n) is 10.6. The Balaban J connectivity index is 1.76. The van der Waals surface area contributed by atoms with Crippen LogP contribution in [0, 0.1) is 0 Å². The first-order valence-corrected chi connectivity index (χ1v) is 6.94. The second kappa shape index (κ2) is 6.36. The fraction of sp³-hybridized carbons (Fsp3) is 0.923. The fourth-order valence-corrected chi connectivity index (χ4v) is 3.06. The largest absolute Gasteiger partial charge is 0.481 e. The summed E-state index contributed by atoms with van der Waals surface area (Å²) in [7, 11) is 0. The molecule has 2 heterocycles. The molecular formula is C13H24N2O2. The van der Waals surface area contributed by atoms with Crippen molar-refractivity contribution in [2.75, 3.05) is 32.7 Å². The van der Waals surface area contributed by atoms with E-state index in [1.54, 1.807) is 0 Å². The number of carboxylic acid groups (broad SMARTS) is 1. The lowest BCUT2D eigenvalue weighted by atomic mass is 9.99. The van der Waals surface area contributed by atoms with Crippen LogP contribution in [0.2, 0.25) is 0 Å². The van der Waals surface area contributed by atoms with Crippen molar-refractivity contribution >= 4 is 5.97 Å². The Morgan fingerprint density at radius 3 is 2.47 bits per heavy atom. The van der Waals surface area contributed by atoms with Gasteiger partial charge < -0.3 is 10.0 Å². The first kappa shape index (κ1) is 12.8. The minimum atomic E-state index is -0.650. The van der Waals surface area contributed by atoms with E-state index in [2.05, 4.69) is 9.80 Å². The van der Waals surface area contributed by atoms with Crippen LogP contribution in [0.3, 0.4) is 0 Å². The highest BCUT2D eigenvalue weighted by Crippen LogP contribution is 2.19. The van der Waals surface area contributed by atoms with Crippen LogP contribution in [-0.4, -0.2) is 59.6 Å². The zero-order chi connectivity index (χ0) is 12.1. The minimum Gasteiger partial charge on any atom is -0.481 e. The van der Waals surface area contributed by atoms with Gasteiger partial charge in [-0.1, -0.05) is 6.42 Å². The molecule has 0 aromatic heterocycles. The van der Waals surface area contributed by atoms with Gasteiger partial charge in [0.1, 0.15) is 0 Å². The highest BCUT2D eigenvalue weighted by Gasteiger charge is 2.25. The van der Waals surface area contributed by atoms with Gasteiger partial charge >= 0.3 is 5.97 Å². The number of nitrogens with zero attached hydrogens (tertiary/aromatic N) is 2. The number of carbonyl (C=O) groups is 1. The van der Waals surface area contributed by atoms with E-state index in [9.17, 15) is 4.79 Å². The summed E-state index contributed by atoms with van der Waals surface area (Å²) in [6.07, 6.45) is 6.47. The topological polar surface area (TPSA) is 43.8 Å². The molecular weight excluding hydrogens is 216 g/mol. The zero-order valence-corrected chi connectivity index (χ0v) is 10.6. The molecule has 98 valence electrons. The molecule has 2 aliphatic heterocycles. The van der Waals surface area contributed by atoms with Gasteiger partial charge in [-0.3, -0.25) is 9.69 Å². The van der Waals surface area contributed by atoms with Gasteiger partial charge in [-0.15, -0.1) is 0 Å². The Kier molecular flexibility index (Phi) is 4.80. The van der Waals surface area contributed by atoms with Gasteiger partial charge in [0.15, 0.2) is 0 Å². The van der Waals surface area contributed by atoms with Crippen molar-refractivity contribution in [3.63, 3.8) is 0 Å². The van der Waals surface area contributed by atoms with Gasteiger partial charge in [0.25, 0.3) is 0 Å². The maximum Gasteiger partial charge on any atom is 0.304 e. The molecule has 0 radical (unpaired) electrons. The Morgan fingerprint density at radius 1 is 1.06 bits per heavy atom. The van der Waals surface area contributed by atoms with Gasteiger partial charge in [-0.05, 0) is 45.3 Å². The summed E-state index contributed by atoms with van der Waals surface area (Å²) in [6.45, 7) is 5.73. The molecule has 0 bridgehead atoms. The van der Waals surface area contributed by atoms with Crippen molar-refractivity contribution in [1.82, 2.24) is 9.80 Å². The lowest BCUT2D eigenvalue weighted by molar-refractivity contribution is -0.138. The Bertz CT molecular complexity index is 252. The molecule has 0 saturated carbocycles. The molecule has 2 aliphatic rings. The number of carboxylic acids is 1. The molecule has 0 amide bonds. The lowest BCUT2D eigenvalue weighted by Crippen LogP contribution is -2.44. The lowest BCUT2D eigenvalue weighted by Gasteiger charge is -2.35. The third kappa shape index (κ3) is 3.96. The minimum absolute atomic E-state index is 0.281. The highest BCUT2D eigenvalue weighted by atomic mass is 16.4. The van der Waals surface area contributed by atoms with Gasteiger partial charge in [0.05, 0.1) is 6.42 Å². The number of rotatable bonds is 5. The molecule has 1 unspecified atom stereocenters. The summed E-state index contributed by atoms with van der Waals surface area (Å²) < 4.78 is 0. The molecule has 1 N–H and O–H groups in total. The SMILES string of the molecule is O=C(O)CC1CCCCN1CCN1CCCC1. The van der Waals surface area contributed by atoms with Crippen LogP contribution in [0.5, 0.6) is 0 Å². The average Bonchev–Trinajstić information content (AvgIpc) is 2.80. The van der Waals surface area contributed by atoms with Crippen LogP contribution in [0.15, 0.2) is 0 Å². The summed E-state index contributed by atoms with van der Waals surface area (Å²) >= 11 is 0. The highest BCUT2D eigenvalue weighted by molar-refractivity contribution is 5.67. The van der Waals surface area contributed by atoms with Gasteiger partial charge in [0, 0.05) is 19.1 Å². The third-order valence-electron chi connectivity index (χ3n) is 4.06. The van der Waals surface area contributed by atoms with E-state index in [-0.39, 0.29) is 6.04 Å². The van der Waals surface area contributed by atoms with E-state index in [4.69, 9.17) is 5.11 Å². The first-order valence-electron chi connectivity index (χ1n) is 6.94. The van der Waals surface area contributed by atoms with E-state index in [1.807, 2.05) is 0 Å². The van der Waals surface area contributed by atoms with Gasteiger partial charge in [-0.25, -0.2) is 0 Å². The van der Waals surface area contributed by atoms with E-state index in [1.165, 1.54) is 38.8 Å². The predicted molar refractivity (Wildman–Crippen MR) is 67.1 cm³/mol. The predicted octanol–water partition coefficient (Wildman–Crippen LogP) is 1.41. The summed E-state index contributed by atoms with van der Waals surface area (Å²) in [5.41, 5.74) is 0. The number of likely N-dealkylation sites (tertiary alicyclic amines) is 2. The monoisotopic (exact) mass is 240 g/mol. The number of piperidine rings is 1. The summed E-state index contributed by atoms with van der Waals surface area (Å²) in [5, 5.41) is 8.93. The summed E-state index contributed by atoms with van der Waals surface area (Å²) in [6, 6.07) is 0.281. The molecule has 4 nitrogen and oxygen atoms in total. The van der Waals surface area contributed by atoms with Gasteiger partial charge in [-0.2, -0.15) is 0 Å². The smallest absolute Gasteiger partial charge is 0.304 e. The van der Waals surface area contributed by atoms with Crippen LogP contribution in [0.1, 0.15) is 38.5 Å². The van der Waals surface area contributed by atoms with Crippen LogP contribution in [0.25, 0.3) is 0 Å².